The van der Waals surface area contributed by atoms with Crippen LogP contribution >= 0.6 is 11.3 Å². The first-order valence-corrected chi connectivity index (χ1v) is 10.7. The third kappa shape index (κ3) is 5.64. The van der Waals surface area contributed by atoms with Gasteiger partial charge in [0.05, 0.1) is 17.8 Å². The molecule has 29 heavy (non-hydrogen) atoms. The van der Waals surface area contributed by atoms with E-state index in [1.165, 1.54) is 35.8 Å². The lowest BCUT2D eigenvalue weighted by molar-refractivity contribution is -0.115. The average Bonchev–Trinajstić information content (AvgIpc) is 3.03. The zero-order valence-electron chi connectivity index (χ0n) is 17.0. The van der Waals surface area contributed by atoms with Crippen LogP contribution in [0.4, 0.5) is 15.8 Å². The number of carbonyl (C=O) groups excluding carboxylic acids is 1. The quantitative estimate of drug-likeness (QED) is 0.564. The Balaban J connectivity index is 1.71. The Kier molecular flexibility index (Phi) is 6.99. The maximum absolute atomic E-state index is 13.9. The Morgan fingerprint density at radius 3 is 2.69 bits per heavy atom. The number of nitrogens with one attached hydrogen (secondary N) is 1. The molecule has 0 bridgehead atoms. The van der Waals surface area contributed by atoms with Crippen molar-refractivity contribution in [3.05, 3.63) is 75.3 Å². The van der Waals surface area contributed by atoms with Gasteiger partial charge in [0.15, 0.2) is 4.80 Å². The number of hydrogen-bond acceptors (Lipinski definition) is 3. The van der Waals surface area contributed by atoms with Crippen LogP contribution in [0.1, 0.15) is 36.6 Å². The first kappa shape index (κ1) is 21.0. The highest BCUT2D eigenvalue weighted by molar-refractivity contribution is 7.07. The number of anilines is 1. The Labute approximate surface area is 174 Å². The van der Waals surface area contributed by atoms with Crippen LogP contribution in [0, 0.1) is 12.7 Å². The Morgan fingerprint density at radius 1 is 1.21 bits per heavy atom. The molecule has 0 aliphatic heterocycles. The molecule has 3 rings (SSSR count). The molecule has 0 atom stereocenters. The van der Waals surface area contributed by atoms with Crippen molar-refractivity contribution in [1.82, 2.24) is 4.57 Å². The summed E-state index contributed by atoms with van der Waals surface area (Å²) in [6.45, 7) is 4.05. The summed E-state index contributed by atoms with van der Waals surface area (Å²) < 4.78 is 15.8. The van der Waals surface area contributed by atoms with Crippen LogP contribution in [0.3, 0.4) is 0 Å². The molecule has 1 aromatic heterocycles. The largest absolute Gasteiger partial charge is 0.323 e. The summed E-state index contributed by atoms with van der Waals surface area (Å²) in [4.78, 5) is 17.9. The van der Waals surface area contributed by atoms with E-state index in [0.717, 1.165) is 28.2 Å². The third-order valence-electron chi connectivity index (χ3n) is 4.74. The van der Waals surface area contributed by atoms with E-state index in [9.17, 15) is 9.18 Å². The smallest absolute Gasteiger partial charge is 0.230 e. The van der Waals surface area contributed by atoms with Gasteiger partial charge in [0.2, 0.25) is 5.91 Å². The SMILES string of the molecule is CCCCc1ccc(N=c2scc(CC(=O)Nc3cc(C)ccc3F)n2C)cc1. The van der Waals surface area contributed by atoms with Crippen LogP contribution in [-0.2, 0) is 24.7 Å². The van der Waals surface area contributed by atoms with E-state index < -0.39 is 5.82 Å². The molecule has 0 aliphatic carbocycles. The summed E-state index contributed by atoms with van der Waals surface area (Å²) in [5, 5.41) is 4.57. The average molecular weight is 412 g/mol. The van der Waals surface area contributed by atoms with E-state index in [0.29, 0.717) is 0 Å². The van der Waals surface area contributed by atoms with E-state index >= 15 is 0 Å². The minimum absolute atomic E-state index is 0.159. The number of nitrogens with zero attached hydrogens (tertiary/aromatic N) is 2. The summed E-state index contributed by atoms with van der Waals surface area (Å²) in [6.07, 6.45) is 3.62. The number of rotatable bonds is 7. The second-order valence-electron chi connectivity index (χ2n) is 7.16. The Hall–Kier alpha value is -2.73. The van der Waals surface area contributed by atoms with Crippen molar-refractivity contribution in [2.24, 2.45) is 12.0 Å². The molecule has 152 valence electrons. The third-order valence-corrected chi connectivity index (χ3v) is 5.70. The van der Waals surface area contributed by atoms with Gasteiger partial charge in [-0.3, -0.25) is 4.79 Å². The topological polar surface area (TPSA) is 46.4 Å². The van der Waals surface area contributed by atoms with Gasteiger partial charge >= 0.3 is 0 Å². The summed E-state index contributed by atoms with van der Waals surface area (Å²) in [7, 11) is 1.89. The second-order valence-corrected chi connectivity index (χ2v) is 8.00. The van der Waals surface area contributed by atoms with E-state index in [-0.39, 0.29) is 18.0 Å². The molecule has 3 aromatic rings. The lowest BCUT2D eigenvalue weighted by atomic mass is 10.1. The summed E-state index contributed by atoms with van der Waals surface area (Å²) in [5.74, 6) is -0.688. The van der Waals surface area contributed by atoms with Gasteiger partial charge in [0.1, 0.15) is 5.82 Å². The number of aromatic nitrogens is 1. The number of unbranched alkanes of at least 4 members (excludes halogenated alkanes) is 1. The molecule has 6 heteroatoms. The first-order valence-electron chi connectivity index (χ1n) is 9.79. The minimum Gasteiger partial charge on any atom is -0.323 e. The van der Waals surface area contributed by atoms with E-state index in [1.54, 1.807) is 12.1 Å². The number of amides is 1. The summed E-state index contributed by atoms with van der Waals surface area (Å²) in [5.41, 5.74) is 4.15. The molecule has 1 N–H and O–H groups in total. The van der Waals surface area contributed by atoms with E-state index in [1.807, 2.05) is 36.1 Å². The van der Waals surface area contributed by atoms with Gasteiger partial charge < -0.3 is 9.88 Å². The lowest BCUT2D eigenvalue weighted by Crippen LogP contribution is -2.20. The number of hydrogen-bond donors (Lipinski definition) is 1. The standard InChI is InChI=1S/C23H26FN3OS/c1-4-5-6-17-8-10-18(11-9-17)25-23-27(3)19(15-29-23)14-22(28)26-21-13-16(2)7-12-20(21)24/h7-13,15H,4-6,14H2,1-3H3,(H,26,28). The highest BCUT2D eigenvalue weighted by Gasteiger charge is 2.11. The van der Waals surface area contributed by atoms with Gasteiger partial charge in [-0.2, -0.15) is 0 Å². The zero-order chi connectivity index (χ0) is 20.8. The van der Waals surface area contributed by atoms with Crippen LogP contribution in [0.5, 0.6) is 0 Å². The maximum atomic E-state index is 13.9. The number of benzene rings is 2. The first-order chi connectivity index (χ1) is 14.0. The molecule has 0 unspecified atom stereocenters. The summed E-state index contributed by atoms with van der Waals surface area (Å²) >= 11 is 1.49. The summed E-state index contributed by atoms with van der Waals surface area (Å²) in [6, 6.07) is 13.0. The fourth-order valence-electron chi connectivity index (χ4n) is 2.99. The molecule has 0 fully saturated rings. The van der Waals surface area contributed by atoms with Gasteiger partial charge in [-0.1, -0.05) is 31.5 Å². The molecule has 0 saturated carbocycles. The Morgan fingerprint density at radius 2 is 1.97 bits per heavy atom. The molecular formula is C23H26FN3OS. The van der Waals surface area contributed by atoms with Gasteiger partial charge in [-0.15, -0.1) is 11.3 Å². The zero-order valence-corrected chi connectivity index (χ0v) is 17.9. The second kappa shape index (κ2) is 9.65. The van der Waals surface area contributed by atoms with E-state index in [4.69, 9.17) is 0 Å². The van der Waals surface area contributed by atoms with Gasteiger partial charge in [-0.05, 0) is 55.2 Å². The predicted molar refractivity (Wildman–Crippen MR) is 117 cm³/mol. The number of aryl methyl sites for hydroxylation is 2. The van der Waals surface area contributed by atoms with Crippen LogP contribution in [0.25, 0.3) is 0 Å². The van der Waals surface area contributed by atoms with Crippen molar-refractivity contribution in [1.29, 1.82) is 0 Å². The fraction of sp³-hybridized carbons (Fsp3) is 0.304. The highest BCUT2D eigenvalue weighted by Crippen LogP contribution is 2.17. The van der Waals surface area contributed by atoms with Crippen LogP contribution in [0.15, 0.2) is 52.8 Å². The molecule has 0 aliphatic rings. The highest BCUT2D eigenvalue weighted by atomic mass is 32.1. The lowest BCUT2D eigenvalue weighted by Gasteiger charge is -2.08. The predicted octanol–water partition coefficient (Wildman–Crippen LogP) is 5.29. The molecule has 1 heterocycles. The van der Waals surface area contributed by atoms with Gasteiger partial charge in [0, 0.05) is 18.1 Å². The van der Waals surface area contributed by atoms with Crippen molar-refractivity contribution in [3.8, 4) is 0 Å². The fourth-order valence-corrected chi connectivity index (χ4v) is 3.90. The number of thiazole rings is 1. The van der Waals surface area contributed by atoms with Crippen LogP contribution in [-0.4, -0.2) is 10.5 Å². The minimum atomic E-state index is -0.434. The van der Waals surface area contributed by atoms with Crippen molar-refractivity contribution in [3.63, 3.8) is 0 Å². The van der Waals surface area contributed by atoms with Crippen molar-refractivity contribution in [2.75, 3.05) is 5.32 Å². The van der Waals surface area contributed by atoms with Gasteiger partial charge in [0.25, 0.3) is 0 Å². The molecule has 0 radical (unpaired) electrons. The normalized spacial score (nSPS) is 11.7. The molecule has 1 amide bonds. The van der Waals surface area contributed by atoms with Gasteiger partial charge in [-0.25, -0.2) is 9.38 Å². The molecule has 2 aromatic carbocycles. The van der Waals surface area contributed by atoms with E-state index in [2.05, 4.69) is 29.4 Å². The van der Waals surface area contributed by atoms with Crippen molar-refractivity contribution >= 4 is 28.6 Å². The number of carbonyl (C=O) groups is 1. The van der Waals surface area contributed by atoms with Crippen LogP contribution in [0.2, 0.25) is 0 Å². The van der Waals surface area contributed by atoms with Crippen molar-refractivity contribution in [2.45, 2.75) is 39.5 Å². The van der Waals surface area contributed by atoms with Crippen molar-refractivity contribution < 1.29 is 9.18 Å². The molecular weight excluding hydrogens is 385 g/mol. The molecule has 0 spiro atoms. The molecule has 4 nitrogen and oxygen atoms in total. The maximum Gasteiger partial charge on any atom is 0.230 e. The van der Waals surface area contributed by atoms with Crippen LogP contribution < -0.4 is 10.1 Å². The number of halogens is 1. The monoisotopic (exact) mass is 411 g/mol. The Bertz CT molecular complexity index is 1050. The molecule has 0 saturated heterocycles.